The molecule has 2 aromatic rings. The van der Waals surface area contributed by atoms with Crippen molar-refractivity contribution in [1.29, 1.82) is 5.26 Å². The van der Waals surface area contributed by atoms with Gasteiger partial charge in [-0.3, -0.25) is 4.68 Å². The van der Waals surface area contributed by atoms with E-state index >= 15 is 0 Å². The number of aliphatic hydroxyl groups excluding tert-OH is 1. The highest BCUT2D eigenvalue weighted by atomic mass is 16.3. The minimum atomic E-state index is -0.235. The molecule has 0 unspecified atom stereocenters. The number of hydrogen-bond acceptors (Lipinski definition) is 5. The van der Waals surface area contributed by atoms with Gasteiger partial charge in [0.25, 0.3) is 0 Å². The van der Waals surface area contributed by atoms with Crippen LogP contribution >= 0.6 is 0 Å². The number of nitrogens with zero attached hydrogens (tertiary/aromatic N) is 4. The molecule has 2 N–H and O–H groups in total. The van der Waals surface area contributed by atoms with Gasteiger partial charge < -0.3 is 10.4 Å². The molecule has 0 amide bonds. The summed E-state index contributed by atoms with van der Waals surface area (Å²) < 4.78 is 1.77. The Labute approximate surface area is 142 Å². The molecule has 1 saturated carbocycles. The first kappa shape index (κ1) is 16.5. The Morgan fingerprint density at radius 2 is 2.04 bits per heavy atom. The van der Waals surface area contributed by atoms with Crippen molar-refractivity contribution in [2.24, 2.45) is 13.0 Å². The summed E-state index contributed by atoms with van der Waals surface area (Å²) in [5.74, 6) is 0.924. The van der Waals surface area contributed by atoms with E-state index in [0.29, 0.717) is 17.3 Å². The zero-order valence-corrected chi connectivity index (χ0v) is 14.5. The number of nitriles is 1. The third-order valence-electron chi connectivity index (χ3n) is 5.11. The Morgan fingerprint density at radius 1 is 1.33 bits per heavy atom. The molecule has 1 aliphatic carbocycles. The topological polar surface area (TPSA) is 86.8 Å². The number of aliphatic hydroxyl groups is 1. The van der Waals surface area contributed by atoms with E-state index < -0.39 is 0 Å². The molecule has 2 aromatic heterocycles. The lowest BCUT2D eigenvalue weighted by Crippen LogP contribution is -2.36. The van der Waals surface area contributed by atoms with E-state index in [9.17, 15) is 10.4 Å². The third-order valence-corrected chi connectivity index (χ3v) is 5.11. The smallest absolute Gasteiger partial charge is 0.144 e. The second-order valence-corrected chi connectivity index (χ2v) is 6.74. The lowest BCUT2D eigenvalue weighted by Gasteiger charge is -2.38. The zero-order chi connectivity index (χ0) is 17.4. The molecule has 3 rings (SSSR count). The lowest BCUT2D eigenvalue weighted by molar-refractivity contribution is 0.0339. The van der Waals surface area contributed by atoms with Gasteiger partial charge in [0.2, 0.25) is 0 Å². The molecule has 0 spiro atoms. The number of aryl methyl sites for hydroxylation is 2. The Kier molecular flexibility index (Phi) is 4.29. The SMILES string of the molecule is Cc1nc(N[C@@H](c2cnn(C)c2)C2CC(O)C2)c(C#N)c(C)c1C. The van der Waals surface area contributed by atoms with Gasteiger partial charge in [0.15, 0.2) is 0 Å². The molecule has 6 heteroatoms. The summed E-state index contributed by atoms with van der Waals surface area (Å²) in [6, 6.07) is 2.27. The highest BCUT2D eigenvalue weighted by Crippen LogP contribution is 2.40. The van der Waals surface area contributed by atoms with Crippen LogP contribution in [0.5, 0.6) is 0 Å². The van der Waals surface area contributed by atoms with E-state index in [4.69, 9.17) is 0 Å². The van der Waals surface area contributed by atoms with Gasteiger partial charge in [0.05, 0.1) is 23.9 Å². The number of anilines is 1. The first-order valence-corrected chi connectivity index (χ1v) is 8.21. The fourth-order valence-corrected chi connectivity index (χ4v) is 3.31. The van der Waals surface area contributed by atoms with Crippen molar-refractivity contribution in [3.05, 3.63) is 40.3 Å². The molecular formula is C18H23N5O. The van der Waals surface area contributed by atoms with Crippen LogP contribution in [0, 0.1) is 38.0 Å². The van der Waals surface area contributed by atoms with Gasteiger partial charge in [0, 0.05) is 24.5 Å². The van der Waals surface area contributed by atoms with E-state index in [1.54, 1.807) is 4.68 Å². The summed E-state index contributed by atoms with van der Waals surface area (Å²) in [6.07, 6.45) is 5.07. The number of aromatic nitrogens is 3. The minimum Gasteiger partial charge on any atom is -0.393 e. The van der Waals surface area contributed by atoms with Crippen LogP contribution < -0.4 is 5.32 Å². The third kappa shape index (κ3) is 2.87. The normalized spacial score (nSPS) is 21.0. The quantitative estimate of drug-likeness (QED) is 0.902. The predicted molar refractivity (Wildman–Crippen MR) is 91.5 cm³/mol. The molecule has 126 valence electrons. The second-order valence-electron chi connectivity index (χ2n) is 6.74. The average molecular weight is 325 g/mol. The molecule has 0 saturated heterocycles. The van der Waals surface area contributed by atoms with E-state index in [-0.39, 0.29) is 12.1 Å². The Balaban J connectivity index is 1.98. The molecule has 0 aromatic carbocycles. The van der Waals surface area contributed by atoms with Gasteiger partial charge >= 0.3 is 0 Å². The summed E-state index contributed by atoms with van der Waals surface area (Å²) in [6.45, 7) is 5.91. The van der Waals surface area contributed by atoms with E-state index in [1.165, 1.54) is 0 Å². The molecule has 0 aliphatic heterocycles. The van der Waals surface area contributed by atoms with Crippen molar-refractivity contribution in [3.63, 3.8) is 0 Å². The number of nitrogens with one attached hydrogen (secondary N) is 1. The molecule has 24 heavy (non-hydrogen) atoms. The maximum Gasteiger partial charge on any atom is 0.144 e. The van der Waals surface area contributed by atoms with Crippen LogP contribution in [0.2, 0.25) is 0 Å². The first-order valence-electron chi connectivity index (χ1n) is 8.21. The molecular weight excluding hydrogens is 302 g/mol. The molecule has 0 radical (unpaired) electrons. The monoisotopic (exact) mass is 325 g/mol. The summed E-state index contributed by atoms with van der Waals surface area (Å²) in [5.41, 5.74) is 4.58. The molecule has 6 nitrogen and oxygen atoms in total. The van der Waals surface area contributed by atoms with Crippen LogP contribution in [0.3, 0.4) is 0 Å². The minimum absolute atomic E-state index is 0.0109. The molecule has 0 bridgehead atoms. The fourth-order valence-electron chi connectivity index (χ4n) is 3.31. The van der Waals surface area contributed by atoms with Gasteiger partial charge in [-0.15, -0.1) is 0 Å². The van der Waals surface area contributed by atoms with Crippen molar-refractivity contribution in [3.8, 4) is 6.07 Å². The van der Waals surface area contributed by atoms with Crippen LogP contribution in [0.15, 0.2) is 12.4 Å². The number of pyridine rings is 1. The average Bonchev–Trinajstić information content (AvgIpc) is 2.94. The first-order chi connectivity index (χ1) is 11.4. The summed E-state index contributed by atoms with van der Waals surface area (Å²) in [7, 11) is 1.88. The standard InChI is InChI=1S/C18H23N5O/c1-10-11(2)16(7-19)18(21-12(10)3)22-17(13-5-15(24)6-13)14-8-20-23(4)9-14/h8-9,13,15,17,24H,5-6H2,1-4H3,(H,21,22)/t13?,15?,17-/m1/s1. The van der Waals surface area contributed by atoms with Crippen LogP contribution in [0.1, 0.15) is 46.8 Å². The molecule has 2 heterocycles. The summed E-state index contributed by atoms with van der Waals surface area (Å²) >= 11 is 0. The predicted octanol–water partition coefficient (Wildman–Crippen LogP) is 2.54. The van der Waals surface area contributed by atoms with E-state index in [1.807, 2.05) is 40.2 Å². The number of hydrogen-bond donors (Lipinski definition) is 2. The van der Waals surface area contributed by atoms with Gasteiger partial charge in [-0.2, -0.15) is 10.4 Å². The Morgan fingerprint density at radius 3 is 2.58 bits per heavy atom. The largest absolute Gasteiger partial charge is 0.393 e. The van der Waals surface area contributed by atoms with Crippen molar-refractivity contribution in [1.82, 2.24) is 14.8 Å². The maximum atomic E-state index is 9.69. The van der Waals surface area contributed by atoms with Crippen LogP contribution in [-0.2, 0) is 7.05 Å². The summed E-state index contributed by atoms with van der Waals surface area (Å²) in [5, 5.41) is 27.0. The van der Waals surface area contributed by atoms with Gasteiger partial charge in [-0.25, -0.2) is 4.98 Å². The van der Waals surface area contributed by atoms with Crippen molar-refractivity contribution >= 4 is 5.82 Å². The summed E-state index contributed by atoms with van der Waals surface area (Å²) in [4.78, 5) is 4.61. The molecule has 1 atom stereocenters. The van der Waals surface area contributed by atoms with Gasteiger partial charge in [-0.05, 0) is 50.7 Å². The van der Waals surface area contributed by atoms with Gasteiger partial charge in [-0.1, -0.05) is 0 Å². The lowest BCUT2D eigenvalue weighted by atomic mass is 9.75. The molecule has 1 fully saturated rings. The van der Waals surface area contributed by atoms with Crippen molar-refractivity contribution in [2.75, 3.05) is 5.32 Å². The zero-order valence-electron chi connectivity index (χ0n) is 14.5. The van der Waals surface area contributed by atoms with Crippen molar-refractivity contribution < 1.29 is 5.11 Å². The highest BCUT2D eigenvalue weighted by Gasteiger charge is 2.36. The Hall–Kier alpha value is -2.39. The maximum absolute atomic E-state index is 9.69. The molecule has 1 aliphatic rings. The fraction of sp³-hybridized carbons (Fsp3) is 0.500. The van der Waals surface area contributed by atoms with Crippen LogP contribution in [0.25, 0.3) is 0 Å². The van der Waals surface area contributed by atoms with Crippen LogP contribution in [0.4, 0.5) is 5.82 Å². The second kappa shape index (κ2) is 6.25. The van der Waals surface area contributed by atoms with Crippen LogP contribution in [-0.4, -0.2) is 26.0 Å². The number of rotatable bonds is 4. The van der Waals surface area contributed by atoms with E-state index in [2.05, 4.69) is 21.5 Å². The van der Waals surface area contributed by atoms with Gasteiger partial charge in [0.1, 0.15) is 11.9 Å². The van der Waals surface area contributed by atoms with E-state index in [0.717, 1.165) is 35.2 Å². The van der Waals surface area contributed by atoms with Crippen molar-refractivity contribution in [2.45, 2.75) is 45.8 Å². The highest BCUT2D eigenvalue weighted by molar-refractivity contribution is 5.59. The Bertz CT molecular complexity index is 798.